The Bertz CT molecular complexity index is 1020. The van der Waals surface area contributed by atoms with E-state index >= 15 is 0 Å². The number of sulfonamides is 1. The van der Waals surface area contributed by atoms with E-state index in [0.29, 0.717) is 5.69 Å². The predicted molar refractivity (Wildman–Crippen MR) is 115 cm³/mol. The maximum absolute atomic E-state index is 13.4. The molecular formula is C21H24ClNO6S. The van der Waals surface area contributed by atoms with Gasteiger partial charge in [0.2, 0.25) is 0 Å². The molecule has 0 amide bonds. The van der Waals surface area contributed by atoms with Crippen LogP contribution in [0.4, 0.5) is 5.69 Å². The van der Waals surface area contributed by atoms with Crippen LogP contribution in [-0.4, -0.2) is 40.1 Å². The SMILES string of the molecule is COC(=O)C(Cl)(c1ccc(C(=O)OC(C)(C)C)cc1)S(=O)(=O)N(C)c1ccccc1. The number of hydrogen-bond donors (Lipinski definition) is 0. The van der Waals surface area contributed by atoms with Crippen molar-refractivity contribution in [2.24, 2.45) is 0 Å². The highest BCUT2D eigenvalue weighted by Gasteiger charge is 2.54. The number of halogens is 1. The lowest BCUT2D eigenvalue weighted by Gasteiger charge is -2.30. The summed E-state index contributed by atoms with van der Waals surface area (Å²) < 4.78 is 35.1. The molecule has 0 saturated carbocycles. The third-order valence-electron chi connectivity index (χ3n) is 4.17. The molecule has 0 heterocycles. The highest BCUT2D eigenvalue weighted by atomic mass is 35.5. The van der Waals surface area contributed by atoms with Crippen LogP contribution < -0.4 is 4.31 Å². The largest absolute Gasteiger partial charge is 0.467 e. The van der Waals surface area contributed by atoms with Crippen LogP contribution in [0.15, 0.2) is 54.6 Å². The van der Waals surface area contributed by atoms with Crippen molar-refractivity contribution < 1.29 is 27.5 Å². The minimum atomic E-state index is -4.47. The number of hydrogen-bond acceptors (Lipinski definition) is 6. The zero-order chi connectivity index (χ0) is 22.7. The molecule has 9 heteroatoms. The molecule has 0 aliphatic heterocycles. The summed E-state index contributed by atoms with van der Waals surface area (Å²) in [7, 11) is -2.13. The van der Waals surface area contributed by atoms with Crippen LogP contribution >= 0.6 is 11.6 Å². The number of rotatable bonds is 6. The number of carbonyl (C=O) groups excluding carboxylic acids is 2. The summed E-state index contributed by atoms with van der Waals surface area (Å²) in [6.07, 6.45) is 0. The van der Waals surface area contributed by atoms with Crippen molar-refractivity contribution in [3.63, 3.8) is 0 Å². The molecule has 30 heavy (non-hydrogen) atoms. The van der Waals surface area contributed by atoms with E-state index in [-0.39, 0.29) is 11.1 Å². The Labute approximate surface area is 181 Å². The highest BCUT2D eigenvalue weighted by Crippen LogP contribution is 2.40. The van der Waals surface area contributed by atoms with Crippen LogP contribution in [0.5, 0.6) is 0 Å². The first-order valence-electron chi connectivity index (χ1n) is 8.99. The molecule has 2 aromatic rings. The number of nitrogens with zero attached hydrogens (tertiary/aromatic N) is 1. The van der Waals surface area contributed by atoms with E-state index in [1.54, 1.807) is 51.1 Å². The maximum Gasteiger partial charge on any atom is 0.349 e. The summed E-state index contributed by atoms with van der Waals surface area (Å²) >= 11 is 6.47. The first-order valence-corrected chi connectivity index (χ1v) is 10.8. The van der Waals surface area contributed by atoms with Crippen LogP contribution in [0.1, 0.15) is 36.7 Å². The Morgan fingerprint density at radius 1 is 0.967 bits per heavy atom. The van der Waals surface area contributed by atoms with E-state index in [9.17, 15) is 18.0 Å². The summed E-state index contributed by atoms with van der Waals surface area (Å²) in [5, 5.41) is 0. The second-order valence-corrected chi connectivity index (χ2v) is 10.4. The smallest absolute Gasteiger partial charge is 0.349 e. The van der Waals surface area contributed by atoms with E-state index in [2.05, 4.69) is 0 Å². The molecule has 0 aliphatic rings. The van der Waals surface area contributed by atoms with Crippen molar-refractivity contribution in [3.05, 3.63) is 65.7 Å². The van der Waals surface area contributed by atoms with Gasteiger partial charge in [0.15, 0.2) is 0 Å². The molecular weight excluding hydrogens is 430 g/mol. The lowest BCUT2D eigenvalue weighted by Crippen LogP contribution is -2.47. The van der Waals surface area contributed by atoms with Gasteiger partial charge in [0.1, 0.15) is 5.60 Å². The third kappa shape index (κ3) is 4.60. The Morgan fingerprint density at radius 2 is 1.50 bits per heavy atom. The molecule has 0 bridgehead atoms. The second kappa shape index (κ2) is 8.65. The van der Waals surface area contributed by atoms with Gasteiger partial charge in [-0.05, 0) is 45.0 Å². The average Bonchev–Trinajstić information content (AvgIpc) is 2.71. The Kier molecular flexibility index (Phi) is 6.83. The van der Waals surface area contributed by atoms with Gasteiger partial charge in [0.05, 0.1) is 18.4 Å². The van der Waals surface area contributed by atoms with Gasteiger partial charge in [-0.15, -0.1) is 0 Å². The van der Waals surface area contributed by atoms with E-state index in [1.165, 1.54) is 31.3 Å². The number of benzene rings is 2. The molecule has 1 unspecified atom stereocenters. The summed E-state index contributed by atoms with van der Waals surface area (Å²) in [6, 6.07) is 13.5. The lowest BCUT2D eigenvalue weighted by atomic mass is 10.1. The first kappa shape index (κ1) is 23.7. The summed E-state index contributed by atoms with van der Waals surface area (Å²) in [4.78, 5) is 24.8. The maximum atomic E-state index is 13.4. The van der Waals surface area contributed by atoms with Gasteiger partial charge in [-0.25, -0.2) is 18.0 Å². The Morgan fingerprint density at radius 3 is 1.97 bits per heavy atom. The number of methoxy groups -OCH3 is 1. The molecule has 2 aromatic carbocycles. The Hall–Kier alpha value is -2.58. The van der Waals surface area contributed by atoms with Gasteiger partial charge in [-0.1, -0.05) is 41.9 Å². The quantitative estimate of drug-likeness (QED) is 0.489. The summed E-state index contributed by atoms with van der Waals surface area (Å²) in [5.41, 5.74) is -0.256. The molecule has 0 N–H and O–H groups in total. The second-order valence-electron chi connectivity index (χ2n) is 7.47. The molecule has 162 valence electrons. The van der Waals surface area contributed by atoms with Crippen LogP contribution in [0, 0.1) is 0 Å². The highest BCUT2D eigenvalue weighted by molar-refractivity contribution is 7.95. The molecule has 1 atom stereocenters. The number of carbonyl (C=O) groups is 2. The summed E-state index contributed by atoms with van der Waals surface area (Å²) in [5.74, 6) is -1.76. The topological polar surface area (TPSA) is 90.0 Å². The van der Waals surface area contributed by atoms with Gasteiger partial charge < -0.3 is 9.47 Å². The number of anilines is 1. The van der Waals surface area contributed by atoms with Gasteiger partial charge in [0, 0.05) is 12.6 Å². The predicted octanol–water partition coefficient (Wildman–Crippen LogP) is 3.67. The van der Waals surface area contributed by atoms with E-state index in [0.717, 1.165) is 11.4 Å². The number of alkyl halides is 1. The molecule has 0 spiro atoms. The van der Waals surface area contributed by atoms with Crippen molar-refractivity contribution in [2.45, 2.75) is 30.6 Å². The first-order chi connectivity index (χ1) is 13.8. The van der Waals surface area contributed by atoms with Gasteiger partial charge in [0.25, 0.3) is 14.2 Å². The monoisotopic (exact) mass is 453 g/mol. The van der Waals surface area contributed by atoms with E-state index in [1.807, 2.05) is 0 Å². The molecule has 0 fully saturated rings. The standard InChI is InChI=1S/C21H24ClNO6S/c1-20(2,3)29-18(24)15-11-13-16(14-12-15)21(22,19(25)28-5)30(26,27)23(4)17-9-7-6-8-10-17/h6-14H,1-5H3. The number of esters is 2. The van der Waals surface area contributed by atoms with Crippen LogP contribution in [0.25, 0.3) is 0 Å². The van der Waals surface area contributed by atoms with Crippen LogP contribution in [-0.2, 0) is 28.5 Å². The molecule has 2 rings (SSSR count). The van der Waals surface area contributed by atoms with E-state index in [4.69, 9.17) is 21.1 Å². The van der Waals surface area contributed by atoms with Crippen molar-refractivity contribution in [1.29, 1.82) is 0 Å². The van der Waals surface area contributed by atoms with Crippen molar-refractivity contribution >= 4 is 39.3 Å². The summed E-state index contributed by atoms with van der Waals surface area (Å²) in [6.45, 7) is 5.19. The number of ether oxygens (including phenoxy) is 2. The normalized spacial score (nSPS) is 13.8. The average molecular weight is 454 g/mol. The lowest BCUT2D eigenvalue weighted by molar-refractivity contribution is -0.141. The van der Waals surface area contributed by atoms with Gasteiger partial charge >= 0.3 is 11.9 Å². The van der Waals surface area contributed by atoms with Crippen molar-refractivity contribution in [1.82, 2.24) is 0 Å². The molecule has 0 aromatic heterocycles. The third-order valence-corrected chi connectivity index (χ3v) is 7.18. The number of para-hydroxylation sites is 1. The minimum absolute atomic E-state index is 0.0638. The fourth-order valence-corrected chi connectivity index (χ4v) is 4.64. The van der Waals surface area contributed by atoms with Crippen LogP contribution in [0.3, 0.4) is 0 Å². The molecule has 0 radical (unpaired) electrons. The Balaban J connectivity index is 2.51. The van der Waals surface area contributed by atoms with E-state index < -0.39 is 31.8 Å². The molecule has 7 nitrogen and oxygen atoms in total. The van der Waals surface area contributed by atoms with Gasteiger partial charge in [-0.3, -0.25) is 4.31 Å². The van der Waals surface area contributed by atoms with Crippen molar-refractivity contribution in [3.8, 4) is 0 Å². The fourth-order valence-electron chi connectivity index (χ4n) is 2.63. The van der Waals surface area contributed by atoms with Gasteiger partial charge in [-0.2, -0.15) is 0 Å². The molecule has 0 saturated heterocycles. The minimum Gasteiger partial charge on any atom is -0.467 e. The molecule has 0 aliphatic carbocycles. The fraction of sp³-hybridized carbons (Fsp3) is 0.333. The zero-order valence-corrected chi connectivity index (χ0v) is 19.0. The zero-order valence-electron chi connectivity index (χ0n) is 17.4. The van der Waals surface area contributed by atoms with Crippen molar-refractivity contribution in [2.75, 3.05) is 18.5 Å². The van der Waals surface area contributed by atoms with Crippen LogP contribution in [0.2, 0.25) is 0 Å².